The van der Waals surface area contributed by atoms with Crippen molar-refractivity contribution < 1.29 is 9.47 Å². The van der Waals surface area contributed by atoms with E-state index >= 15 is 0 Å². The highest BCUT2D eigenvalue weighted by molar-refractivity contribution is 5.20. The van der Waals surface area contributed by atoms with Crippen molar-refractivity contribution in [3.63, 3.8) is 0 Å². The summed E-state index contributed by atoms with van der Waals surface area (Å²) in [6.45, 7) is 7.81. The maximum atomic E-state index is 5.70. The van der Waals surface area contributed by atoms with Gasteiger partial charge >= 0.3 is 0 Å². The number of ether oxygens (including phenoxy) is 2. The lowest BCUT2D eigenvalue weighted by atomic mass is 10.1. The van der Waals surface area contributed by atoms with Crippen LogP contribution in [-0.4, -0.2) is 19.3 Å². The molecule has 1 aromatic carbocycles. The van der Waals surface area contributed by atoms with Crippen LogP contribution < -0.4 is 4.74 Å². The SMILES string of the molecule is CCOC(COc1ccccc1)CC(C)C. The standard InChI is InChI=1S/C14H22O2/c1-4-15-14(10-12(2)3)11-16-13-8-6-5-7-9-13/h5-9,12,14H,4,10-11H2,1-3H3. The van der Waals surface area contributed by atoms with Gasteiger partial charge in [-0.3, -0.25) is 0 Å². The first-order chi connectivity index (χ1) is 7.72. The van der Waals surface area contributed by atoms with E-state index in [0.29, 0.717) is 12.5 Å². The van der Waals surface area contributed by atoms with Gasteiger partial charge in [-0.25, -0.2) is 0 Å². The highest BCUT2D eigenvalue weighted by Crippen LogP contribution is 2.13. The van der Waals surface area contributed by atoms with Crippen molar-refractivity contribution in [1.29, 1.82) is 0 Å². The zero-order valence-electron chi connectivity index (χ0n) is 10.5. The van der Waals surface area contributed by atoms with E-state index in [-0.39, 0.29) is 6.10 Å². The smallest absolute Gasteiger partial charge is 0.119 e. The predicted octanol–water partition coefficient (Wildman–Crippen LogP) is 3.52. The maximum absolute atomic E-state index is 5.70. The molecule has 0 saturated carbocycles. The molecule has 0 aliphatic carbocycles. The third kappa shape index (κ3) is 5.17. The second-order valence-electron chi connectivity index (χ2n) is 4.33. The summed E-state index contributed by atoms with van der Waals surface area (Å²) < 4.78 is 11.3. The molecule has 1 atom stereocenters. The van der Waals surface area contributed by atoms with E-state index in [9.17, 15) is 0 Å². The van der Waals surface area contributed by atoms with E-state index in [4.69, 9.17) is 9.47 Å². The first-order valence-electron chi connectivity index (χ1n) is 6.01. The van der Waals surface area contributed by atoms with Gasteiger partial charge < -0.3 is 9.47 Å². The quantitative estimate of drug-likeness (QED) is 0.702. The van der Waals surface area contributed by atoms with Crippen LogP contribution in [0.3, 0.4) is 0 Å². The fraction of sp³-hybridized carbons (Fsp3) is 0.571. The van der Waals surface area contributed by atoms with Gasteiger partial charge in [0.25, 0.3) is 0 Å². The van der Waals surface area contributed by atoms with E-state index in [1.807, 2.05) is 37.3 Å². The van der Waals surface area contributed by atoms with Gasteiger partial charge in [0.2, 0.25) is 0 Å². The maximum Gasteiger partial charge on any atom is 0.119 e. The average Bonchev–Trinajstić information content (AvgIpc) is 2.27. The van der Waals surface area contributed by atoms with Gasteiger partial charge in [0.1, 0.15) is 12.4 Å². The highest BCUT2D eigenvalue weighted by atomic mass is 16.5. The number of para-hydroxylation sites is 1. The van der Waals surface area contributed by atoms with Crippen LogP contribution in [0.2, 0.25) is 0 Å². The Labute approximate surface area is 98.6 Å². The minimum atomic E-state index is 0.199. The molecule has 0 heterocycles. The number of hydrogen-bond donors (Lipinski definition) is 0. The van der Waals surface area contributed by atoms with Gasteiger partial charge in [0, 0.05) is 6.61 Å². The van der Waals surface area contributed by atoms with Crippen molar-refractivity contribution >= 4 is 0 Å². The highest BCUT2D eigenvalue weighted by Gasteiger charge is 2.11. The number of rotatable bonds is 7. The van der Waals surface area contributed by atoms with Crippen molar-refractivity contribution in [2.45, 2.75) is 33.3 Å². The zero-order valence-corrected chi connectivity index (χ0v) is 10.5. The molecule has 0 aromatic heterocycles. The fourth-order valence-electron chi connectivity index (χ4n) is 1.65. The van der Waals surface area contributed by atoms with E-state index in [2.05, 4.69) is 13.8 Å². The second kappa shape index (κ2) is 7.29. The lowest BCUT2D eigenvalue weighted by Gasteiger charge is -2.19. The molecule has 0 N–H and O–H groups in total. The largest absolute Gasteiger partial charge is 0.491 e. The lowest BCUT2D eigenvalue weighted by Crippen LogP contribution is -2.23. The van der Waals surface area contributed by atoms with E-state index in [0.717, 1.165) is 18.8 Å². The third-order valence-electron chi connectivity index (χ3n) is 2.32. The summed E-state index contributed by atoms with van der Waals surface area (Å²) in [4.78, 5) is 0. The summed E-state index contributed by atoms with van der Waals surface area (Å²) in [6, 6.07) is 9.89. The molecule has 0 aliphatic heterocycles. The number of benzene rings is 1. The molecular formula is C14H22O2. The summed E-state index contributed by atoms with van der Waals surface area (Å²) in [5.74, 6) is 1.55. The van der Waals surface area contributed by atoms with E-state index in [1.54, 1.807) is 0 Å². The first kappa shape index (κ1) is 13.0. The lowest BCUT2D eigenvalue weighted by molar-refractivity contribution is 0.0150. The molecule has 1 unspecified atom stereocenters. The van der Waals surface area contributed by atoms with Crippen molar-refractivity contribution in [2.24, 2.45) is 5.92 Å². The van der Waals surface area contributed by atoms with Gasteiger partial charge in [-0.1, -0.05) is 32.0 Å². The fourth-order valence-corrected chi connectivity index (χ4v) is 1.65. The Morgan fingerprint density at radius 1 is 1.12 bits per heavy atom. The molecule has 0 radical (unpaired) electrons. The van der Waals surface area contributed by atoms with Crippen LogP contribution in [0, 0.1) is 5.92 Å². The minimum Gasteiger partial charge on any atom is -0.491 e. The molecule has 16 heavy (non-hydrogen) atoms. The van der Waals surface area contributed by atoms with Crippen LogP contribution in [0.1, 0.15) is 27.2 Å². The van der Waals surface area contributed by atoms with Crippen LogP contribution in [-0.2, 0) is 4.74 Å². The Kier molecular flexibility index (Phi) is 5.94. The predicted molar refractivity (Wildman–Crippen MR) is 66.8 cm³/mol. The van der Waals surface area contributed by atoms with Crippen LogP contribution in [0.15, 0.2) is 30.3 Å². The van der Waals surface area contributed by atoms with Crippen molar-refractivity contribution in [1.82, 2.24) is 0 Å². The molecule has 0 amide bonds. The summed E-state index contributed by atoms with van der Waals surface area (Å²) in [7, 11) is 0. The first-order valence-corrected chi connectivity index (χ1v) is 6.01. The molecule has 0 spiro atoms. The molecule has 0 fully saturated rings. The van der Waals surface area contributed by atoms with Gasteiger partial charge in [-0.15, -0.1) is 0 Å². The molecule has 2 nitrogen and oxygen atoms in total. The monoisotopic (exact) mass is 222 g/mol. The third-order valence-corrected chi connectivity index (χ3v) is 2.32. The Morgan fingerprint density at radius 3 is 2.38 bits per heavy atom. The molecule has 1 rings (SSSR count). The molecule has 2 heteroatoms. The van der Waals surface area contributed by atoms with Crippen LogP contribution in [0.25, 0.3) is 0 Å². The molecule has 0 bridgehead atoms. The Morgan fingerprint density at radius 2 is 1.81 bits per heavy atom. The van der Waals surface area contributed by atoms with Gasteiger partial charge in [0.15, 0.2) is 0 Å². The average molecular weight is 222 g/mol. The second-order valence-corrected chi connectivity index (χ2v) is 4.33. The van der Waals surface area contributed by atoms with Crippen molar-refractivity contribution in [2.75, 3.05) is 13.2 Å². The van der Waals surface area contributed by atoms with Crippen LogP contribution >= 0.6 is 0 Å². The number of hydrogen-bond acceptors (Lipinski definition) is 2. The molecule has 90 valence electrons. The summed E-state index contributed by atoms with van der Waals surface area (Å²) in [5.41, 5.74) is 0. The molecule has 1 aromatic rings. The van der Waals surface area contributed by atoms with Crippen LogP contribution in [0.4, 0.5) is 0 Å². The Bertz CT molecular complexity index is 269. The van der Waals surface area contributed by atoms with E-state index < -0.39 is 0 Å². The van der Waals surface area contributed by atoms with Crippen molar-refractivity contribution in [3.05, 3.63) is 30.3 Å². The van der Waals surface area contributed by atoms with Crippen LogP contribution in [0.5, 0.6) is 5.75 Å². The Hall–Kier alpha value is -1.02. The van der Waals surface area contributed by atoms with Crippen molar-refractivity contribution in [3.8, 4) is 5.75 Å². The van der Waals surface area contributed by atoms with Gasteiger partial charge in [-0.05, 0) is 31.4 Å². The summed E-state index contributed by atoms with van der Waals surface area (Å²) in [6.07, 6.45) is 1.24. The zero-order chi connectivity index (χ0) is 11.8. The van der Waals surface area contributed by atoms with E-state index in [1.165, 1.54) is 0 Å². The topological polar surface area (TPSA) is 18.5 Å². The van der Waals surface area contributed by atoms with Gasteiger partial charge in [-0.2, -0.15) is 0 Å². The molecule has 0 saturated heterocycles. The minimum absolute atomic E-state index is 0.199. The van der Waals surface area contributed by atoms with Gasteiger partial charge in [0.05, 0.1) is 6.10 Å². The Balaban J connectivity index is 2.37. The summed E-state index contributed by atoms with van der Waals surface area (Å²) in [5, 5.41) is 0. The molecule has 0 aliphatic rings. The molecular weight excluding hydrogens is 200 g/mol. The normalized spacial score (nSPS) is 12.8. The summed E-state index contributed by atoms with van der Waals surface area (Å²) >= 11 is 0.